The number of aromatic nitrogens is 5. The van der Waals surface area contributed by atoms with E-state index in [1.807, 2.05) is 18.2 Å². The molecular formula is C65H42N6Si. The number of nitriles is 1. The van der Waals surface area contributed by atoms with Gasteiger partial charge in [0.1, 0.15) is 11.6 Å². The van der Waals surface area contributed by atoms with Crippen molar-refractivity contribution < 1.29 is 0 Å². The molecule has 4 heterocycles. The highest BCUT2D eigenvalue weighted by Crippen LogP contribution is 2.38. The van der Waals surface area contributed by atoms with Gasteiger partial charge in [-0.1, -0.05) is 188 Å². The first-order valence-electron chi connectivity index (χ1n) is 24.3. The van der Waals surface area contributed by atoms with Crippen LogP contribution in [0, 0.1) is 11.3 Å². The largest absolute Gasteiger partial charge is 0.309 e. The molecule has 0 aliphatic rings. The van der Waals surface area contributed by atoms with Crippen LogP contribution < -0.4 is 20.7 Å². The van der Waals surface area contributed by atoms with E-state index in [4.69, 9.17) is 9.97 Å². The highest BCUT2D eigenvalue weighted by molar-refractivity contribution is 7.19. The number of hydrogen-bond donors (Lipinski definition) is 0. The predicted octanol–water partition coefficient (Wildman–Crippen LogP) is 12.7. The van der Waals surface area contributed by atoms with Crippen molar-refractivity contribution in [1.82, 2.24) is 23.7 Å². The fraction of sp³-hybridized carbons (Fsp3) is 0. The molecule has 0 radical (unpaired) electrons. The van der Waals surface area contributed by atoms with Crippen LogP contribution in [-0.4, -0.2) is 31.7 Å². The molecule has 336 valence electrons. The fourth-order valence-corrected chi connectivity index (χ4v) is 16.4. The average Bonchev–Trinajstić information content (AvgIpc) is 4.09. The second kappa shape index (κ2) is 16.5. The number of rotatable bonds is 8. The maximum atomic E-state index is 10.1. The van der Waals surface area contributed by atoms with Gasteiger partial charge in [-0.15, -0.1) is 0 Å². The van der Waals surface area contributed by atoms with Crippen LogP contribution in [0.2, 0.25) is 0 Å². The van der Waals surface area contributed by atoms with Crippen molar-refractivity contribution in [1.29, 1.82) is 5.26 Å². The number of hydrogen-bond acceptors (Lipinski definition) is 3. The molecule has 0 aliphatic heterocycles. The molecule has 0 N–H and O–H groups in total. The van der Waals surface area contributed by atoms with Gasteiger partial charge < -0.3 is 4.57 Å². The van der Waals surface area contributed by atoms with E-state index in [9.17, 15) is 5.26 Å². The van der Waals surface area contributed by atoms with Gasteiger partial charge in [0.05, 0.1) is 44.7 Å². The van der Waals surface area contributed by atoms with Crippen LogP contribution in [0.3, 0.4) is 0 Å². The summed E-state index contributed by atoms with van der Waals surface area (Å²) in [6.45, 7) is 0. The van der Waals surface area contributed by atoms with Gasteiger partial charge in [-0.25, -0.2) is 9.97 Å². The lowest BCUT2D eigenvalue weighted by atomic mass is 10.1. The van der Waals surface area contributed by atoms with Crippen LogP contribution in [-0.2, 0) is 0 Å². The minimum absolute atomic E-state index is 0.605. The van der Waals surface area contributed by atoms with Crippen molar-refractivity contribution in [3.63, 3.8) is 0 Å². The van der Waals surface area contributed by atoms with Gasteiger partial charge in [-0.3, -0.25) is 9.13 Å². The summed E-state index contributed by atoms with van der Waals surface area (Å²) in [5.41, 5.74) is 8.98. The van der Waals surface area contributed by atoms with Crippen molar-refractivity contribution in [2.24, 2.45) is 0 Å². The van der Waals surface area contributed by atoms with Crippen molar-refractivity contribution >= 4 is 94.2 Å². The van der Waals surface area contributed by atoms with Gasteiger partial charge in [0.25, 0.3) is 0 Å². The Balaban J connectivity index is 1.05. The minimum Gasteiger partial charge on any atom is -0.309 e. The predicted molar refractivity (Wildman–Crippen MR) is 299 cm³/mol. The van der Waals surface area contributed by atoms with Crippen LogP contribution in [0.15, 0.2) is 255 Å². The summed E-state index contributed by atoms with van der Waals surface area (Å²) in [5.74, 6) is 2.07. The molecule has 0 fully saturated rings. The van der Waals surface area contributed by atoms with Gasteiger partial charge in [0.2, 0.25) is 0 Å². The molecule has 0 spiro atoms. The van der Waals surface area contributed by atoms with Gasteiger partial charge in [0, 0.05) is 49.6 Å². The number of fused-ring (bicyclic) bond motifs is 9. The lowest BCUT2D eigenvalue weighted by Gasteiger charge is -2.34. The zero-order chi connectivity index (χ0) is 47.8. The van der Waals surface area contributed by atoms with E-state index in [1.165, 1.54) is 42.6 Å². The number of benzene rings is 10. The minimum atomic E-state index is -2.91. The molecule has 4 aromatic heterocycles. The van der Waals surface area contributed by atoms with E-state index in [-0.39, 0.29) is 0 Å². The monoisotopic (exact) mass is 934 g/mol. The lowest BCUT2D eigenvalue weighted by molar-refractivity contribution is 0.994. The molecule has 14 rings (SSSR count). The summed E-state index contributed by atoms with van der Waals surface area (Å²) in [5, 5.41) is 21.9. The second-order valence-corrected chi connectivity index (χ2v) is 22.3. The van der Waals surface area contributed by atoms with Crippen LogP contribution >= 0.6 is 0 Å². The Hall–Kier alpha value is -9.61. The molecule has 72 heavy (non-hydrogen) atoms. The molecule has 0 amide bonds. The topological polar surface area (TPSA) is 64.4 Å². The maximum Gasteiger partial charge on any atom is 0.179 e. The third-order valence-corrected chi connectivity index (χ3v) is 19.4. The van der Waals surface area contributed by atoms with Crippen molar-refractivity contribution in [2.45, 2.75) is 0 Å². The van der Waals surface area contributed by atoms with Crippen molar-refractivity contribution in [2.75, 3.05) is 0 Å². The first kappa shape index (κ1) is 41.4. The molecule has 0 unspecified atom stereocenters. The van der Waals surface area contributed by atoms with E-state index in [0.29, 0.717) is 11.4 Å². The van der Waals surface area contributed by atoms with Crippen LogP contribution in [0.25, 0.3) is 94.1 Å². The summed E-state index contributed by atoms with van der Waals surface area (Å²) in [6.07, 6.45) is 0. The van der Waals surface area contributed by atoms with E-state index in [0.717, 1.165) is 66.5 Å². The molecule has 6 nitrogen and oxygen atoms in total. The molecule has 0 bridgehead atoms. The molecule has 7 heteroatoms. The Morgan fingerprint density at radius 1 is 0.319 bits per heavy atom. The Labute approximate surface area is 416 Å². The van der Waals surface area contributed by atoms with E-state index < -0.39 is 8.07 Å². The quantitative estimate of drug-likeness (QED) is 0.113. The van der Waals surface area contributed by atoms with Crippen LogP contribution in [0.5, 0.6) is 0 Å². The normalized spacial score (nSPS) is 11.9. The van der Waals surface area contributed by atoms with Gasteiger partial charge in [-0.05, 0) is 81.4 Å². The Bertz CT molecular complexity index is 4320. The molecule has 0 aliphatic carbocycles. The van der Waals surface area contributed by atoms with Crippen LogP contribution in [0.4, 0.5) is 0 Å². The zero-order valence-corrected chi connectivity index (χ0v) is 39.9. The summed E-state index contributed by atoms with van der Waals surface area (Å²) in [6, 6.07) is 93.6. The highest BCUT2D eigenvalue weighted by Gasteiger charge is 2.41. The fourth-order valence-electron chi connectivity index (χ4n) is 11.6. The third-order valence-electron chi connectivity index (χ3n) is 14.6. The van der Waals surface area contributed by atoms with Gasteiger partial charge >= 0.3 is 0 Å². The smallest absolute Gasteiger partial charge is 0.179 e. The Kier molecular flexibility index (Phi) is 9.49. The van der Waals surface area contributed by atoms with E-state index in [2.05, 4.69) is 256 Å². The first-order valence-corrected chi connectivity index (χ1v) is 26.3. The van der Waals surface area contributed by atoms with Crippen LogP contribution in [0.1, 0.15) is 5.56 Å². The van der Waals surface area contributed by atoms with Gasteiger partial charge in [0.15, 0.2) is 13.9 Å². The summed E-state index contributed by atoms with van der Waals surface area (Å²) in [7, 11) is -2.91. The first-order chi connectivity index (χ1) is 35.7. The third kappa shape index (κ3) is 6.26. The summed E-state index contributed by atoms with van der Waals surface area (Å²) < 4.78 is 6.92. The highest BCUT2D eigenvalue weighted by atomic mass is 28.3. The second-order valence-electron chi connectivity index (χ2n) is 18.5. The Morgan fingerprint density at radius 3 is 1.22 bits per heavy atom. The zero-order valence-electron chi connectivity index (χ0n) is 38.9. The lowest BCUT2D eigenvalue weighted by Crippen LogP contribution is -2.74. The Morgan fingerprint density at radius 2 is 0.722 bits per heavy atom. The summed E-state index contributed by atoms with van der Waals surface area (Å²) in [4.78, 5) is 11.2. The average molecular weight is 935 g/mol. The molecule has 0 saturated carbocycles. The molecule has 10 aromatic carbocycles. The number of para-hydroxylation sites is 4. The van der Waals surface area contributed by atoms with Crippen molar-refractivity contribution in [3.8, 4) is 34.8 Å². The van der Waals surface area contributed by atoms with E-state index in [1.54, 1.807) is 0 Å². The molecule has 0 saturated heterocycles. The van der Waals surface area contributed by atoms with Gasteiger partial charge in [-0.2, -0.15) is 5.26 Å². The SMILES string of the molecule is N#Cc1ccc2c(c1)c1ccccc1n2-c1cc(-n2c3ccccc3c3cc(-n4c5ccccc5c5ccccc54)ccc32)nc(-c2cccc([Si](c3ccccc3)(c3ccccc3)c3ccccc3)c2)n1. The van der Waals surface area contributed by atoms with E-state index >= 15 is 0 Å². The maximum absolute atomic E-state index is 10.1. The van der Waals surface area contributed by atoms with Crippen molar-refractivity contribution in [3.05, 3.63) is 260 Å². The molecule has 0 atom stereocenters. The molecular weight excluding hydrogens is 893 g/mol. The summed E-state index contributed by atoms with van der Waals surface area (Å²) >= 11 is 0. The standard InChI is InChI=1S/C65H42N6Si/c66-43-44-35-37-61-55(39-44)53-29-12-16-33-59(53)70(61)63-42-64(71-60-34-17-13-30-54(60)56-41-46(36-38-62(56)71)69-57-31-14-10-27-51(57)52-28-11-15-32-58(52)69)68-65(67-63)45-19-18-26-50(40-45)72(47-20-4-1-5-21-47,48-22-6-2-7-23-48)49-24-8-3-9-25-49/h1-42H. The molecule has 14 aromatic rings. The number of nitrogens with zero attached hydrogens (tertiary/aromatic N) is 6.